The molecule has 1 fully saturated rings. The van der Waals surface area contributed by atoms with E-state index in [1.54, 1.807) is 6.08 Å². The van der Waals surface area contributed by atoms with Crippen LogP contribution in [0.1, 0.15) is 5.56 Å². The lowest BCUT2D eigenvalue weighted by atomic mass is 10.1. The maximum Gasteiger partial charge on any atom is 0.416 e. The SMILES string of the molecule is C=CCOCC(O)CN1CCN(c2ccc(C(F)(F)F)cc2)CC1. The topological polar surface area (TPSA) is 35.9 Å². The molecule has 24 heavy (non-hydrogen) atoms. The summed E-state index contributed by atoms with van der Waals surface area (Å²) in [5.41, 5.74) is 0.157. The van der Waals surface area contributed by atoms with Crippen molar-refractivity contribution in [1.82, 2.24) is 4.90 Å². The van der Waals surface area contributed by atoms with Crippen molar-refractivity contribution in [3.8, 4) is 0 Å². The van der Waals surface area contributed by atoms with E-state index in [0.717, 1.165) is 30.9 Å². The number of benzene rings is 1. The van der Waals surface area contributed by atoms with Crippen molar-refractivity contribution in [1.29, 1.82) is 0 Å². The summed E-state index contributed by atoms with van der Waals surface area (Å²) < 4.78 is 43.0. The lowest BCUT2D eigenvalue weighted by Gasteiger charge is -2.37. The first kappa shape index (κ1) is 18.8. The Morgan fingerprint density at radius 2 is 1.79 bits per heavy atom. The zero-order chi connectivity index (χ0) is 17.6. The molecule has 0 bridgehead atoms. The summed E-state index contributed by atoms with van der Waals surface area (Å²) >= 11 is 0. The van der Waals surface area contributed by atoms with Crippen molar-refractivity contribution >= 4 is 5.69 Å². The molecule has 1 aliphatic heterocycles. The van der Waals surface area contributed by atoms with E-state index in [2.05, 4.69) is 16.4 Å². The molecule has 0 aliphatic carbocycles. The largest absolute Gasteiger partial charge is 0.416 e. The third kappa shape index (κ3) is 5.51. The monoisotopic (exact) mass is 344 g/mol. The average molecular weight is 344 g/mol. The summed E-state index contributed by atoms with van der Waals surface area (Å²) in [4.78, 5) is 4.18. The summed E-state index contributed by atoms with van der Waals surface area (Å²) in [5, 5.41) is 9.90. The number of ether oxygens (including phenoxy) is 1. The molecule has 1 saturated heterocycles. The van der Waals surface area contributed by atoms with Gasteiger partial charge >= 0.3 is 6.18 Å². The van der Waals surface area contributed by atoms with Gasteiger partial charge in [-0.15, -0.1) is 6.58 Å². The van der Waals surface area contributed by atoms with E-state index in [9.17, 15) is 18.3 Å². The number of aliphatic hydroxyl groups is 1. The number of anilines is 1. The van der Waals surface area contributed by atoms with E-state index >= 15 is 0 Å². The number of halogens is 3. The molecular weight excluding hydrogens is 321 g/mol. The predicted octanol–water partition coefficient (Wildman–Crippen LogP) is 2.39. The van der Waals surface area contributed by atoms with E-state index in [4.69, 9.17) is 4.74 Å². The number of aliphatic hydroxyl groups excluding tert-OH is 1. The highest BCUT2D eigenvalue weighted by molar-refractivity contribution is 5.48. The van der Waals surface area contributed by atoms with Crippen LogP contribution in [0, 0.1) is 0 Å². The molecule has 1 heterocycles. The highest BCUT2D eigenvalue weighted by Crippen LogP contribution is 2.30. The van der Waals surface area contributed by atoms with Crippen LogP contribution in [-0.2, 0) is 10.9 Å². The van der Waals surface area contributed by atoms with Gasteiger partial charge in [0.05, 0.1) is 24.9 Å². The smallest absolute Gasteiger partial charge is 0.389 e. The summed E-state index contributed by atoms with van der Waals surface area (Å²) in [7, 11) is 0. The Bertz CT molecular complexity index is 512. The van der Waals surface area contributed by atoms with Crippen molar-refractivity contribution in [2.24, 2.45) is 0 Å². The molecule has 0 radical (unpaired) electrons. The van der Waals surface area contributed by atoms with Gasteiger partial charge in [0, 0.05) is 38.4 Å². The Morgan fingerprint density at radius 3 is 2.33 bits per heavy atom. The lowest BCUT2D eigenvalue weighted by Crippen LogP contribution is -2.49. The Morgan fingerprint density at radius 1 is 1.17 bits per heavy atom. The predicted molar refractivity (Wildman–Crippen MR) is 87.1 cm³/mol. The molecule has 1 aromatic carbocycles. The van der Waals surface area contributed by atoms with Gasteiger partial charge in [-0.3, -0.25) is 4.90 Å². The quantitative estimate of drug-likeness (QED) is 0.609. The van der Waals surface area contributed by atoms with Crippen molar-refractivity contribution in [2.75, 3.05) is 50.8 Å². The van der Waals surface area contributed by atoms with Gasteiger partial charge in [-0.05, 0) is 24.3 Å². The molecular formula is C17H23F3N2O2. The standard InChI is InChI=1S/C17H23F3N2O2/c1-2-11-24-13-16(23)12-21-7-9-22(10-8-21)15-5-3-14(4-6-15)17(18,19)20/h2-6,16,23H,1,7-13H2. The summed E-state index contributed by atoms with van der Waals surface area (Å²) in [5.74, 6) is 0. The molecule has 2 rings (SSSR count). The molecule has 7 heteroatoms. The average Bonchev–Trinajstić information content (AvgIpc) is 2.55. The van der Waals surface area contributed by atoms with E-state index < -0.39 is 17.8 Å². The van der Waals surface area contributed by atoms with Gasteiger partial charge in [-0.2, -0.15) is 13.2 Å². The molecule has 134 valence electrons. The molecule has 0 amide bonds. The van der Waals surface area contributed by atoms with Gasteiger partial charge in [-0.25, -0.2) is 0 Å². The fourth-order valence-electron chi connectivity index (χ4n) is 2.69. The van der Waals surface area contributed by atoms with E-state index in [-0.39, 0.29) is 6.61 Å². The summed E-state index contributed by atoms with van der Waals surface area (Å²) in [6.45, 7) is 7.68. The van der Waals surface area contributed by atoms with E-state index in [1.807, 2.05) is 0 Å². The fraction of sp³-hybridized carbons (Fsp3) is 0.529. The number of alkyl halides is 3. The highest BCUT2D eigenvalue weighted by Gasteiger charge is 2.30. The van der Waals surface area contributed by atoms with Crippen molar-refractivity contribution in [3.63, 3.8) is 0 Å². The molecule has 1 unspecified atom stereocenters. The fourth-order valence-corrected chi connectivity index (χ4v) is 2.69. The van der Waals surface area contributed by atoms with Crippen LogP contribution in [0.2, 0.25) is 0 Å². The van der Waals surface area contributed by atoms with Gasteiger partial charge in [0.25, 0.3) is 0 Å². The van der Waals surface area contributed by atoms with Crippen LogP contribution in [0.15, 0.2) is 36.9 Å². The lowest BCUT2D eigenvalue weighted by molar-refractivity contribution is -0.137. The van der Waals surface area contributed by atoms with Gasteiger partial charge < -0.3 is 14.7 Å². The van der Waals surface area contributed by atoms with Crippen LogP contribution < -0.4 is 4.90 Å². The molecule has 1 N–H and O–H groups in total. The van der Waals surface area contributed by atoms with Crippen molar-refractivity contribution in [3.05, 3.63) is 42.5 Å². The van der Waals surface area contributed by atoms with Gasteiger partial charge in [0.1, 0.15) is 0 Å². The van der Waals surface area contributed by atoms with Crippen LogP contribution in [0.4, 0.5) is 18.9 Å². The molecule has 0 spiro atoms. The number of nitrogens with zero attached hydrogens (tertiary/aromatic N) is 2. The van der Waals surface area contributed by atoms with Gasteiger partial charge in [-0.1, -0.05) is 6.08 Å². The maximum absolute atomic E-state index is 12.6. The highest BCUT2D eigenvalue weighted by atomic mass is 19.4. The van der Waals surface area contributed by atoms with Crippen molar-refractivity contribution in [2.45, 2.75) is 12.3 Å². The third-order valence-corrected chi connectivity index (χ3v) is 3.95. The molecule has 4 nitrogen and oxygen atoms in total. The van der Waals surface area contributed by atoms with Crippen LogP contribution in [0.25, 0.3) is 0 Å². The second kappa shape index (κ2) is 8.50. The van der Waals surface area contributed by atoms with Gasteiger partial charge in [0.15, 0.2) is 0 Å². The van der Waals surface area contributed by atoms with E-state index in [1.165, 1.54) is 12.1 Å². The molecule has 1 aliphatic rings. The van der Waals surface area contributed by atoms with Crippen LogP contribution >= 0.6 is 0 Å². The number of hydrogen-bond donors (Lipinski definition) is 1. The minimum absolute atomic E-state index is 0.269. The van der Waals surface area contributed by atoms with E-state index in [0.29, 0.717) is 26.2 Å². The van der Waals surface area contributed by atoms with Crippen LogP contribution in [0.5, 0.6) is 0 Å². The zero-order valence-electron chi connectivity index (χ0n) is 13.5. The molecule has 0 saturated carbocycles. The Hall–Kier alpha value is -1.57. The first-order valence-corrected chi connectivity index (χ1v) is 7.91. The van der Waals surface area contributed by atoms with Crippen LogP contribution in [0.3, 0.4) is 0 Å². The Labute approximate surface area is 140 Å². The third-order valence-electron chi connectivity index (χ3n) is 3.95. The minimum Gasteiger partial charge on any atom is -0.389 e. The molecule has 1 aromatic rings. The number of hydrogen-bond acceptors (Lipinski definition) is 4. The second-order valence-electron chi connectivity index (χ2n) is 5.81. The second-order valence-corrected chi connectivity index (χ2v) is 5.81. The van der Waals surface area contributed by atoms with Crippen molar-refractivity contribution < 1.29 is 23.0 Å². The Balaban J connectivity index is 1.79. The first-order chi connectivity index (χ1) is 11.4. The number of piperazine rings is 1. The Kier molecular flexibility index (Phi) is 6.65. The van der Waals surface area contributed by atoms with Gasteiger partial charge in [0.2, 0.25) is 0 Å². The number of β-amino-alcohol motifs (C(OH)–C–C–N with tert-alkyl or cyclic N) is 1. The normalized spacial score (nSPS) is 17.8. The number of rotatable bonds is 7. The summed E-state index contributed by atoms with van der Waals surface area (Å²) in [6.07, 6.45) is -3.22. The molecule has 0 aromatic heterocycles. The summed E-state index contributed by atoms with van der Waals surface area (Å²) in [6, 6.07) is 5.25. The zero-order valence-corrected chi connectivity index (χ0v) is 13.5. The van der Waals surface area contributed by atoms with Crippen LogP contribution in [-0.4, -0.2) is 62.0 Å². The first-order valence-electron chi connectivity index (χ1n) is 7.91. The maximum atomic E-state index is 12.6. The molecule has 1 atom stereocenters. The minimum atomic E-state index is -4.30.